The predicted molar refractivity (Wildman–Crippen MR) is 56.0 cm³/mol. The Balaban J connectivity index is 2.69. The van der Waals surface area contributed by atoms with Gasteiger partial charge in [-0.25, -0.2) is 4.98 Å². The lowest BCUT2D eigenvalue weighted by Crippen LogP contribution is -2.09. The van der Waals surface area contributed by atoms with Gasteiger partial charge in [0.05, 0.1) is 17.9 Å². The zero-order valence-electron chi connectivity index (χ0n) is 8.50. The van der Waals surface area contributed by atoms with Gasteiger partial charge in [0, 0.05) is 12.2 Å². The number of rotatable bonds is 4. The highest BCUT2D eigenvalue weighted by molar-refractivity contribution is 6.16. The molecule has 0 saturated carbocycles. The van der Waals surface area contributed by atoms with Gasteiger partial charge >= 0.3 is 0 Å². The van der Waals surface area contributed by atoms with E-state index in [0.717, 1.165) is 5.69 Å². The van der Waals surface area contributed by atoms with Crippen molar-refractivity contribution in [3.05, 3.63) is 18.2 Å². The summed E-state index contributed by atoms with van der Waals surface area (Å²) in [5.74, 6) is 1.25. The molecule has 2 nitrogen and oxygen atoms in total. The van der Waals surface area contributed by atoms with Crippen LogP contribution in [0, 0.1) is 5.92 Å². The maximum Gasteiger partial charge on any atom is 0.0951 e. The Morgan fingerprint density at radius 3 is 2.69 bits per heavy atom. The van der Waals surface area contributed by atoms with Gasteiger partial charge in [-0.15, -0.1) is 11.6 Å². The van der Waals surface area contributed by atoms with Crippen LogP contribution in [-0.2, 0) is 5.88 Å². The van der Waals surface area contributed by atoms with Crippen molar-refractivity contribution < 1.29 is 0 Å². The minimum atomic E-state index is 0.497. The van der Waals surface area contributed by atoms with Gasteiger partial charge in [-0.2, -0.15) is 0 Å². The molecule has 0 bridgehead atoms. The number of hydrogen-bond donors (Lipinski definition) is 0. The number of alkyl halides is 1. The molecule has 0 aliphatic heterocycles. The number of hydrogen-bond acceptors (Lipinski definition) is 1. The van der Waals surface area contributed by atoms with E-state index in [-0.39, 0.29) is 0 Å². The molecular weight excluding hydrogens is 184 g/mol. The normalized spacial score (nSPS) is 13.6. The van der Waals surface area contributed by atoms with Crippen LogP contribution in [0.25, 0.3) is 0 Å². The van der Waals surface area contributed by atoms with Crippen molar-refractivity contribution in [1.82, 2.24) is 9.55 Å². The average molecular weight is 201 g/mol. The number of aromatic nitrogens is 2. The molecule has 13 heavy (non-hydrogen) atoms. The molecule has 0 saturated heterocycles. The quantitative estimate of drug-likeness (QED) is 0.683. The highest BCUT2D eigenvalue weighted by Gasteiger charge is 2.09. The van der Waals surface area contributed by atoms with Gasteiger partial charge in [0.1, 0.15) is 0 Å². The van der Waals surface area contributed by atoms with Crippen molar-refractivity contribution in [2.75, 3.05) is 0 Å². The third kappa shape index (κ3) is 2.73. The topological polar surface area (TPSA) is 17.8 Å². The van der Waals surface area contributed by atoms with Crippen LogP contribution in [0.3, 0.4) is 0 Å². The fraction of sp³-hybridized carbons (Fsp3) is 0.700. The summed E-state index contributed by atoms with van der Waals surface area (Å²) in [6.07, 6.45) is 4.87. The highest BCUT2D eigenvalue weighted by Crippen LogP contribution is 2.19. The first-order valence-corrected chi connectivity index (χ1v) is 5.25. The smallest absolute Gasteiger partial charge is 0.0951 e. The van der Waals surface area contributed by atoms with E-state index in [0.29, 0.717) is 17.8 Å². The number of halogens is 1. The van der Waals surface area contributed by atoms with E-state index in [9.17, 15) is 0 Å². The van der Waals surface area contributed by atoms with E-state index in [1.165, 1.54) is 6.42 Å². The van der Waals surface area contributed by atoms with Gasteiger partial charge < -0.3 is 4.57 Å². The van der Waals surface area contributed by atoms with Crippen LogP contribution in [0.2, 0.25) is 0 Å². The third-order valence-corrected chi connectivity index (χ3v) is 2.44. The van der Waals surface area contributed by atoms with Gasteiger partial charge in [0.25, 0.3) is 0 Å². The van der Waals surface area contributed by atoms with Crippen LogP contribution in [-0.4, -0.2) is 9.55 Å². The van der Waals surface area contributed by atoms with Crippen LogP contribution in [0.5, 0.6) is 0 Å². The van der Waals surface area contributed by atoms with Gasteiger partial charge in [0.2, 0.25) is 0 Å². The van der Waals surface area contributed by atoms with E-state index in [1.807, 2.05) is 12.5 Å². The summed E-state index contributed by atoms with van der Waals surface area (Å²) in [5, 5.41) is 0. The minimum Gasteiger partial charge on any atom is -0.331 e. The third-order valence-electron chi connectivity index (χ3n) is 2.17. The molecule has 1 atom stereocenters. The maximum absolute atomic E-state index is 5.79. The molecule has 74 valence electrons. The SMILES string of the molecule is CC(C)CC(C)n1cncc1CCl. The fourth-order valence-electron chi connectivity index (χ4n) is 1.63. The summed E-state index contributed by atoms with van der Waals surface area (Å²) < 4.78 is 2.16. The van der Waals surface area contributed by atoms with E-state index in [2.05, 4.69) is 30.3 Å². The minimum absolute atomic E-state index is 0.497. The van der Waals surface area contributed by atoms with E-state index < -0.39 is 0 Å². The number of imidazole rings is 1. The molecule has 1 aromatic rings. The first-order chi connectivity index (χ1) is 6.15. The Morgan fingerprint density at radius 2 is 2.15 bits per heavy atom. The Kier molecular flexibility index (Phi) is 3.79. The summed E-state index contributed by atoms with van der Waals surface area (Å²) in [6.45, 7) is 6.67. The molecule has 0 aliphatic rings. The largest absolute Gasteiger partial charge is 0.331 e. The van der Waals surface area contributed by atoms with Crippen LogP contribution in [0.15, 0.2) is 12.5 Å². The van der Waals surface area contributed by atoms with Crippen LogP contribution >= 0.6 is 11.6 Å². The second-order valence-corrected chi connectivity index (χ2v) is 4.17. The summed E-state index contributed by atoms with van der Waals surface area (Å²) in [7, 11) is 0. The van der Waals surface area contributed by atoms with Crippen molar-refractivity contribution in [3.63, 3.8) is 0 Å². The lowest BCUT2D eigenvalue weighted by Gasteiger charge is -2.17. The highest BCUT2D eigenvalue weighted by atomic mass is 35.5. The zero-order valence-corrected chi connectivity index (χ0v) is 9.25. The molecule has 1 heterocycles. The Bertz CT molecular complexity index is 255. The zero-order chi connectivity index (χ0) is 9.84. The van der Waals surface area contributed by atoms with Gasteiger partial charge in [-0.1, -0.05) is 13.8 Å². The van der Waals surface area contributed by atoms with Crippen molar-refractivity contribution in [2.45, 2.75) is 39.1 Å². The Labute approximate surface area is 84.9 Å². The van der Waals surface area contributed by atoms with Crippen LogP contribution in [0.4, 0.5) is 0 Å². The van der Waals surface area contributed by atoms with Crippen LogP contribution < -0.4 is 0 Å². The molecule has 0 radical (unpaired) electrons. The molecule has 0 spiro atoms. The molecule has 1 aromatic heterocycles. The number of nitrogens with zero attached hydrogens (tertiary/aromatic N) is 2. The lowest BCUT2D eigenvalue weighted by atomic mass is 10.1. The molecule has 3 heteroatoms. The van der Waals surface area contributed by atoms with Gasteiger partial charge in [0.15, 0.2) is 0 Å². The molecule has 1 rings (SSSR count). The van der Waals surface area contributed by atoms with Crippen molar-refractivity contribution in [3.8, 4) is 0 Å². The predicted octanol–water partition coefficient (Wildman–Crippen LogP) is 3.23. The average Bonchev–Trinajstić information content (AvgIpc) is 2.49. The molecule has 0 fully saturated rings. The first kappa shape index (κ1) is 10.6. The first-order valence-electron chi connectivity index (χ1n) is 4.71. The van der Waals surface area contributed by atoms with E-state index >= 15 is 0 Å². The fourth-order valence-corrected chi connectivity index (χ4v) is 1.84. The molecule has 0 amide bonds. The Morgan fingerprint density at radius 1 is 1.46 bits per heavy atom. The second kappa shape index (κ2) is 4.66. The van der Waals surface area contributed by atoms with Crippen molar-refractivity contribution >= 4 is 11.6 Å². The molecule has 0 N–H and O–H groups in total. The summed E-state index contributed by atoms with van der Waals surface area (Å²) >= 11 is 5.79. The van der Waals surface area contributed by atoms with Gasteiger partial charge in [-0.05, 0) is 19.3 Å². The second-order valence-electron chi connectivity index (χ2n) is 3.90. The molecular formula is C10H17ClN2. The monoisotopic (exact) mass is 200 g/mol. The van der Waals surface area contributed by atoms with Crippen LogP contribution in [0.1, 0.15) is 38.9 Å². The van der Waals surface area contributed by atoms with E-state index in [4.69, 9.17) is 11.6 Å². The Hall–Kier alpha value is -0.500. The van der Waals surface area contributed by atoms with Gasteiger partial charge in [-0.3, -0.25) is 0 Å². The molecule has 0 aromatic carbocycles. The summed E-state index contributed by atoms with van der Waals surface area (Å²) in [6, 6.07) is 0.497. The lowest BCUT2D eigenvalue weighted by molar-refractivity contribution is 0.421. The van der Waals surface area contributed by atoms with E-state index in [1.54, 1.807) is 0 Å². The maximum atomic E-state index is 5.79. The summed E-state index contributed by atoms with van der Waals surface area (Å²) in [5.41, 5.74) is 1.11. The van der Waals surface area contributed by atoms with Crippen molar-refractivity contribution in [1.29, 1.82) is 0 Å². The van der Waals surface area contributed by atoms with Crippen molar-refractivity contribution in [2.24, 2.45) is 5.92 Å². The standard InChI is InChI=1S/C10H17ClN2/c1-8(2)4-9(3)13-7-12-6-10(13)5-11/h6-9H,4-5H2,1-3H3. The molecule has 1 unspecified atom stereocenters. The summed E-state index contributed by atoms with van der Waals surface area (Å²) in [4.78, 5) is 4.10. The molecule has 0 aliphatic carbocycles.